The third-order valence-electron chi connectivity index (χ3n) is 4.31. The standard InChI is InChI=1S/C20H28N2O2/c1-13(2)15-9-8-10-16(14(3)4)17(15)21-11-12-22(20(5,6)7)18(21)19(23)24/h8-14H,1-7H3. The smallest absolute Gasteiger partial charge is 0.310 e. The lowest BCUT2D eigenvalue weighted by atomic mass is 9.92. The number of carbonyl (C=O) groups is 1. The number of para-hydroxylation sites is 1. The summed E-state index contributed by atoms with van der Waals surface area (Å²) in [5, 5.41) is 11.9. The molecule has 24 heavy (non-hydrogen) atoms. The van der Waals surface area contributed by atoms with E-state index in [1.54, 1.807) is 9.13 Å². The first-order valence-corrected chi connectivity index (χ1v) is 8.53. The number of aromatic nitrogens is 2. The lowest BCUT2D eigenvalue weighted by Gasteiger charge is -2.20. The van der Waals surface area contributed by atoms with Crippen molar-refractivity contribution in [3.05, 3.63) is 47.5 Å². The van der Waals surface area contributed by atoms with Gasteiger partial charge in [0, 0.05) is 11.1 Å². The van der Waals surface area contributed by atoms with Gasteiger partial charge in [-0.3, -0.25) is 0 Å². The van der Waals surface area contributed by atoms with Crippen LogP contribution in [0.5, 0.6) is 0 Å². The second-order valence-corrected chi connectivity index (χ2v) is 7.91. The van der Waals surface area contributed by atoms with E-state index in [-0.39, 0.29) is 11.4 Å². The summed E-state index contributed by atoms with van der Waals surface area (Å²) in [6.45, 7) is 14.5. The maximum Gasteiger partial charge on any atom is 0.310 e. The third kappa shape index (κ3) is 3.23. The predicted molar refractivity (Wildman–Crippen MR) is 93.5 cm³/mol. The Morgan fingerprint density at radius 1 is 1.08 bits per heavy atom. The van der Waals surface area contributed by atoms with Crippen molar-refractivity contribution in [2.24, 2.45) is 0 Å². The molecule has 2 aromatic rings. The first kappa shape index (κ1) is 18.2. The minimum Gasteiger partial charge on any atom is -0.538 e. The van der Waals surface area contributed by atoms with E-state index in [0.717, 1.165) is 16.8 Å². The van der Waals surface area contributed by atoms with Gasteiger partial charge in [-0.25, -0.2) is 4.57 Å². The summed E-state index contributed by atoms with van der Waals surface area (Å²) in [5.41, 5.74) is 2.90. The molecule has 0 radical (unpaired) electrons. The number of carbonyl (C=O) groups excluding carboxylic acids is 1. The first-order valence-electron chi connectivity index (χ1n) is 8.53. The van der Waals surface area contributed by atoms with Crippen molar-refractivity contribution in [1.29, 1.82) is 0 Å². The summed E-state index contributed by atoms with van der Waals surface area (Å²) in [6.07, 6.45) is 3.66. The van der Waals surface area contributed by atoms with Crippen LogP contribution in [0.4, 0.5) is 0 Å². The number of carboxylic acids is 1. The molecule has 0 saturated heterocycles. The van der Waals surface area contributed by atoms with Crippen LogP contribution in [0.25, 0.3) is 5.69 Å². The number of hydrogen-bond acceptors (Lipinski definition) is 2. The maximum absolute atomic E-state index is 11.9. The molecule has 0 aliphatic rings. The molecule has 130 valence electrons. The monoisotopic (exact) mass is 328 g/mol. The van der Waals surface area contributed by atoms with Crippen LogP contribution >= 0.6 is 0 Å². The number of imidazole rings is 1. The van der Waals surface area contributed by atoms with E-state index in [1.807, 2.05) is 39.2 Å². The fourth-order valence-corrected chi connectivity index (χ4v) is 3.10. The molecule has 0 atom stereocenters. The molecule has 0 aliphatic carbocycles. The Hall–Kier alpha value is -2.10. The average molecular weight is 328 g/mol. The van der Waals surface area contributed by atoms with Crippen molar-refractivity contribution in [1.82, 2.24) is 4.57 Å². The van der Waals surface area contributed by atoms with Crippen LogP contribution < -0.4 is 9.67 Å². The Morgan fingerprint density at radius 2 is 1.58 bits per heavy atom. The van der Waals surface area contributed by atoms with Crippen molar-refractivity contribution in [2.45, 2.75) is 65.8 Å². The molecule has 4 nitrogen and oxygen atoms in total. The van der Waals surface area contributed by atoms with Gasteiger partial charge in [-0.2, -0.15) is 4.57 Å². The van der Waals surface area contributed by atoms with E-state index in [2.05, 4.69) is 39.8 Å². The zero-order valence-corrected chi connectivity index (χ0v) is 15.8. The van der Waals surface area contributed by atoms with E-state index in [4.69, 9.17) is 0 Å². The second-order valence-electron chi connectivity index (χ2n) is 7.91. The van der Waals surface area contributed by atoms with Gasteiger partial charge in [0.15, 0.2) is 5.97 Å². The molecular formula is C20H28N2O2. The fourth-order valence-electron chi connectivity index (χ4n) is 3.10. The number of aromatic carboxylic acids is 1. The summed E-state index contributed by atoms with van der Waals surface area (Å²) in [5.74, 6) is -0.404. The third-order valence-corrected chi connectivity index (χ3v) is 4.31. The quantitative estimate of drug-likeness (QED) is 0.810. The molecule has 0 N–H and O–H groups in total. The van der Waals surface area contributed by atoms with Gasteiger partial charge in [-0.05, 0) is 32.6 Å². The van der Waals surface area contributed by atoms with Crippen LogP contribution in [0, 0.1) is 0 Å². The van der Waals surface area contributed by atoms with E-state index in [9.17, 15) is 9.90 Å². The summed E-state index contributed by atoms with van der Waals surface area (Å²) in [6, 6.07) is 6.20. The lowest BCUT2D eigenvalue weighted by molar-refractivity contribution is -0.756. The van der Waals surface area contributed by atoms with Crippen LogP contribution in [0.1, 0.15) is 82.0 Å². The minimum absolute atomic E-state index is 0.178. The average Bonchev–Trinajstić information content (AvgIpc) is 2.90. The Kier molecular flexibility index (Phi) is 4.88. The van der Waals surface area contributed by atoms with Gasteiger partial charge in [0.05, 0.1) is 0 Å². The maximum atomic E-state index is 11.9. The highest BCUT2D eigenvalue weighted by Crippen LogP contribution is 2.31. The fraction of sp³-hybridized carbons (Fsp3) is 0.500. The Morgan fingerprint density at radius 3 is 1.96 bits per heavy atom. The zero-order chi connectivity index (χ0) is 18.2. The van der Waals surface area contributed by atoms with Crippen LogP contribution in [0.3, 0.4) is 0 Å². The molecule has 1 aromatic carbocycles. The SMILES string of the molecule is CC(C)c1cccc(C(C)C)c1-n1cc[n+](C(C)(C)C)c1C(=O)[O-]. The van der Waals surface area contributed by atoms with Gasteiger partial charge in [-0.15, -0.1) is 0 Å². The topological polar surface area (TPSA) is 48.9 Å². The number of hydrogen-bond donors (Lipinski definition) is 0. The molecule has 1 heterocycles. The van der Waals surface area contributed by atoms with E-state index in [1.165, 1.54) is 0 Å². The molecule has 0 aliphatic heterocycles. The number of carboxylic acid groups (broad SMARTS) is 1. The highest BCUT2D eigenvalue weighted by atomic mass is 16.4. The highest BCUT2D eigenvalue weighted by Gasteiger charge is 2.31. The number of rotatable bonds is 4. The van der Waals surface area contributed by atoms with Gasteiger partial charge < -0.3 is 9.90 Å². The molecule has 0 spiro atoms. The summed E-state index contributed by atoms with van der Waals surface area (Å²) in [4.78, 5) is 11.9. The summed E-state index contributed by atoms with van der Waals surface area (Å²) in [7, 11) is 0. The van der Waals surface area contributed by atoms with Crippen molar-refractivity contribution in [2.75, 3.05) is 0 Å². The first-order chi connectivity index (χ1) is 11.1. The van der Waals surface area contributed by atoms with Gasteiger partial charge >= 0.3 is 5.82 Å². The van der Waals surface area contributed by atoms with Crippen LogP contribution in [-0.2, 0) is 5.54 Å². The van der Waals surface area contributed by atoms with Crippen LogP contribution in [0.15, 0.2) is 30.6 Å². The molecular weight excluding hydrogens is 300 g/mol. The highest BCUT2D eigenvalue weighted by molar-refractivity contribution is 5.81. The summed E-state index contributed by atoms with van der Waals surface area (Å²) >= 11 is 0. The van der Waals surface area contributed by atoms with Crippen molar-refractivity contribution >= 4 is 5.97 Å². The van der Waals surface area contributed by atoms with E-state index >= 15 is 0 Å². The molecule has 0 fully saturated rings. The molecule has 1 aromatic heterocycles. The van der Waals surface area contributed by atoms with Crippen molar-refractivity contribution in [3.8, 4) is 5.69 Å². The van der Waals surface area contributed by atoms with Gasteiger partial charge in [0.25, 0.3) is 0 Å². The van der Waals surface area contributed by atoms with Crippen LogP contribution in [-0.4, -0.2) is 10.5 Å². The molecule has 0 bridgehead atoms. The lowest BCUT2D eigenvalue weighted by Crippen LogP contribution is -2.55. The Bertz CT molecular complexity index is 723. The summed E-state index contributed by atoms with van der Waals surface area (Å²) < 4.78 is 3.55. The number of nitrogens with zero attached hydrogens (tertiary/aromatic N) is 2. The van der Waals surface area contributed by atoms with Crippen molar-refractivity contribution in [3.63, 3.8) is 0 Å². The van der Waals surface area contributed by atoms with Gasteiger partial charge in [-0.1, -0.05) is 45.9 Å². The van der Waals surface area contributed by atoms with Crippen molar-refractivity contribution < 1.29 is 14.5 Å². The number of benzene rings is 1. The molecule has 0 unspecified atom stereocenters. The molecule has 0 saturated carbocycles. The second kappa shape index (κ2) is 6.42. The van der Waals surface area contributed by atoms with Crippen LogP contribution in [0.2, 0.25) is 0 Å². The molecule has 2 rings (SSSR count). The van der Waals surface area contributed by atoms with E-state index in [0.29, 0.717) is 11.8 Å². The molecule has 4 heteroatoms. The van der Waals surface area contributed by atoms with E-state index < -0.39 is 5.97 Å². The normalized spacial score (nSPS) is 12.2. The van der Waals surface area contributed by atoms with Gasteiger partial charge in [0.2, 0.25) is 0 Å². The largest absolute Gasteiger partial charge is 0.538 e. The minimum atomic E-state index is -1.16. The Balaban J connectivity index is 2.87. The zero-order valence-electron chi connectivity index (χ0n) is 15.8. The molecule has 0 amide bonds. The van der Waals surface area contributed by atoms with Gasteiger partial charge in [0.1, 0.15) is 23.6 Å². The Labute approximate surface area is 144 Å². The predicted octanol–water partition coefficient (Wildman–Crippen LogP) is 3.13.